The molecule has 0 aliphatic carbocycles. The molecule has 2 heterocycles. The average Bonchev–Trinajstić information content (AvgIpc) is 3.40. The Labute approximate surface area is 232 Å². The molecule has 1 aliphatic heterocycles. The Morgan fingerprint density at radius 2 is 1.85 bits per heavy atom. The van der Waals surface area contributed by atoms with Gasteiger partial charge in [0, 0.05) is 50.7 Å². The largest absolute Gasteiger partial charge is 0.506 e. The van der Waals surface area contributed by atoms with Gasteiger partial charge < -0.3 is 28.6 Å². The Kier molecular flexibility index (Phi) is 9.79. The maximum atomic E-state index is 11.3. The molecular weight excluding hydrogens is 526 g/mol. The number of aromatic nitrogens is 2. The molecule has 210 valence electrons. The number of hydrogen-bond donors (Lipinski definition) is 1. The first kappa shape index (κ1) is 28.8. The summed E-state index contributed by atoms with van der Waals surface area (Å²) in [4.78, 5) is 18.1. The molecule has 0 saturated carbocycles. The predicted octanol–water partition coefficient (Wildman–Crippen LogP) is 5.54. The van der Waals surface area contributed by atoms with Crippen LogP contribution in [0.1, 0.15) is 32.3 Å². The molecular formula is C28H34ClN3O7. The van der Waals surface area contributed by atoms with Crippen molar-refractivity contribution in [2.45, 2.75) is 44.9 Å². The van der Waals surface area contributed by atoms with Gasteiger partial charge in [0.2, 0.25) is 5.82 Å². The highest BCUT2D eigenvalue weighted by atomic mass is 35.5. The molecule has 0 atom stereocenters. The number of methoxy groups -OCH3 is 1. The van der Waals surface area contributed by atoms with Crippen LogP contribution < -0.4 is 4.74 Å². The third-order valence-electron chi connectivity index (χ3n) is 6.45. The molecule has 1 saturated heterocycles. The van der Waals surface area contributed by atoms with Crippen LogP contribution in [-0.4, -0.2) is 78.0 Å². The number of ether oxygens (including phenoxy) is 4. The minimum atomic E-state index is -1.28. The van der Waals surface area contributed by atoms with Crippen molar-refractivity contribution in [1.82, 2.24) is 15.0 Å². The number of likely N-dealkylation sites (tertiary alicyclic amines) is 1. The molecule has 0 amide bonds. The summed E-state index contributed by atoms with van der Waals surface area (Å²) in [6, 6.07) is 13.4. The molecule has 0 bridgehead atoms. The van der Waals surface area contributed by atoms with E-state index in [1.54, 1.807) is 19.2 Å². The van der Waals surface area contributed by atoms with Crippen molar-refractivity contribution >= 4 is 17.8 Å². The first-order valence-electron chi connectivity index (χ1n) is 12.9. The summed E-state index contributed by atoms with van der Waals surface area (Å²) in [5, 5.41) is 13.8. The second-order valence-electron chi connectivity index (χ2n) is 9.80. The van der Waals surface area contributed by atoms with Gasteiger partial charge >= 0.3 is 6.16 Å². The lowest BCUT2D eigenvalue weighted by Crippen LogP contribution is -2.49. The van der Waals surface area contributed by atoms with Gasteiger partial charge in [0.1, 0.15) is 11.4 Å². The second kappa shape index (κ2) is 13.3. The van der Waals surface area contributed by atoms with E-state index in [0.717, 1.165) is 17.7 Å². The van der Waals surface area contributed by atoms with E-state index in [1.165, 1.54) is 0 Å². The fourth-order valence-electron chi connectivity index (χ4n) is 4.44. The molecule has 11 heteroatoms. The fourth-order valence-corrected chi connectivity index (χ4v) is 4.66. The molecule has 1 N–H and O–H groups in total. The Balaban J connectivity index is 1.34. The monoisotopic (exact) mass is 559 g/mol. The molecule has 0 spiro atoms. The van der Waals surface area contributed by atoms with Crippen molar-refractivity contribution in [2.75, 3.05) is 40.0 Å². The number of rotatable bonds is 12. The highest BCUT2D eigenvalue weighted by Gasteiger charge is 2.38. The molecule has 4 rings (SSSR count). The van der Waals surface area contributed by atoms with Gasteiger partial charge in [-0.2, -0.15) is 4.98 Å². The van der Waals surface area contributed by atoms with Gasteiger partial charge in [-0.1, -0.05) is 41.0 Å². The molecule has 2 aromatic carbocycles. The summed E-state index contributed by atoms with van der Waals surface area (Å²) in [5.41, 5.74) is 1.84. The normalized spacial score (nSPS) is 15.4. The number of nitrogens with zero attached hydrogens (tertiary/aromatic N) is 3. The maximum Gasteiger partial charge on any atom is 0.506 e. The van der Waals surface area contributed by atoms with E-state index in [0.29, 0.717) is 67.2 Å². The molecule has 1 aliphatic rings. The Morgan fingerprint density at radius 1 is 1.13 bits per heavy atom. The summed E-state index contributed by atoms with van der Waals surface area (Å²) >= 11 is 6.35. The molecule has 1 aromatic heterocycles. The van der Waals surface area contributed by atoms with Gasteiger partial charge in [0.15, 0.2) is 0 Å². The van der Waals surface area contributed by atoms with Gasteiger partial charge in [-0.05, 0) is 37.6 Å². The first-order chi connectivity index (χ1) is 18.8. The van der Waals surface area contributed by atoms with Crippen LogP contribution in [-0.2, 0) is 20.8 Å². The van der Waals surface area contributed by atoms with E-state index in [2.05, 4.69) is 15.0 Å². The summed E-state index contributed by atoms with van der Waals surface area (Å²) in [6.07, 6.45) is -0.138. The van der Waals surface area contributed by atoms with Gasteiger partial charge in [-0.3, -0.25) is 4.90 Å². The minimum absolute atomic E-state index is 0.0200. The smallest absolute Gasteiger partial charge is 0.489 e. The average molecular weight is 560 g/mol. The van der Waals surface area contributed by atoms with E-state index in [1.807, 2.05) is 44.2 Å². The molecule has 0 radical (unpaired) electrons. The van der Waals surface area contributed by atoms with E-state index in [9.17, 15) is 9.90 Å². The number of hydrogen-bond acceptors (Lipinski definition) is 9. The van der Waals surface area contributed by atoms with Crippen molar-refractivity contribution in [3.8, 4) is 28.6 Å². The summed E-state index contributed by atoms with van der Waals surface area (Å²) in [5.74, 6) is 1.46. The first-order valence-corrected chi connectivity index (χ1v) is 13.3. The number of halogens is 1. The van der Waals surface area contributed by atoms with Crippen LogP contribution in [0.25, 0.3) is 22.8 Å². The van der Waals surface area contributed by atoms with Gasteiger partial charge in [-0.15, -0.1) is 0 Å². The quantitative estimate of drug-likeness (QED) is 0.224. The highest BCUT2D eigenvalue weighted by molar-refractivity contribution is 6.32. The van der Waals surface area contributed by atoms with Crippen LogP contribution in [0, 0.1) is 0 Å². The third-order valence-corrected chi connectivity index (χ3v) is 6.75. The molecule has 3 aromatic rings. The number of carbonyl (C=O) groups is 1. The fraction of sp³-hybridized carbons (Fsp3) is 0.464. The lowest BCUT2D eigenvalue weighted by molar-refractivity contribution is -0.105. The summed E-state index contributed by atoms with van der Waals surface area (Å²) in [7, 11) is 1.59. The lowest BCUT2D eigenvalue weighted by Gasteiger charge is -2.40. The van der Waals surface area contributed by atoms with Crippen molar-refractivity contribution in [3.63, 3.8) is 0 Å². The second-order valence-corrected chi connectivity index (χ2v) is 10.2. The zero-order valence-electron chi connectivity index (χ0n) is 22.4. The molecule has 1 fully saturated rings. The van der Waals surface area contributed by atoms with Crippen LogP contribution in [0.2, 0.25) is 5.02 Å². The van der Waals surface area contributed by atoms with E-state index in [-0.39, 0.29) is 12.7 Å². The standard InChI is InChI=1S/C28H34ClN3O7/c1-19(2)37-24-9-8-22(16-23(24)29)26-30-25(31-39-26)21-6-4-20(5-7-21)17-32-12-10-28(11-13-32,38-27(33)34)18-36-15-14-35-3/h4-9,16,19H,10-15,17-18H2,1-3H3,(H,33,34). The van der Waals surface area contributed by atoms with E-state index < -0.39 is 11.8 Å². The maximum absolute atomic E-state index is 11.3. The zero-order chi connectivity index (χ0) is 27.8. The van der Waals surface area contributed by atoms with Crippen LogP contribution in [0.3, 0.4) is 0 Å². The van der Waals surface area contributed by atoms with Gasteiger partial charge in [0.25, 0.3) is 5.89 Å². The Morgan fingerprint density at radius 3 is 2.49 bits per heavy atom. The van der Waals surface area contributed by atoms with Crippen LogP contribution in [0.4, 0.5) is 4.79 Å². The van der Waals surface area contributed by atoms with Crippen molar-refractivity contribution in [1.29, 1.82) is 0 Å². The number of carboxylic acid groups (broad SMARTS) is 1. The van der Waals surface area contributed by atoms with Gasteiger partial charge in [-0.25, -0.2) is 4.79 Å². The topological polar surface area (TPSA) is 116 Å². The zero-order valence-corrected chi connectivity index (χ0v) is 23.1. The lowest BCUT2D eigenvalue weighted by atomic mass is 9.91. The molecule has 10 nitrogen and oxygen atoms in total. The van der Waals surface area contributed by atoms with Gasteiger partial charge in [0.05, 0.1) is 30.9 Å². The number of benzene rings is 2. The van der Waals surface area contributed by atoms with Crippen LogP contribution in [0.15, 0.2) is 47.0 Å². The third kappa shape index (κ3) is 7.92. The molecule has 0 unspecified atom stereocenters. The summed E-state index contributed by atoms with van der Waals surface area (Å²) in [6.45, 7) is 7.07. The highest BCUT2D eigenvalue weighted by Crippen LogP contribution is 2.32. The van der Waals surface area contributed by atoms with Crippen molar-refractivity contribution in [2.24, 2.45) is 0 Å². The minimum Gasteiger partial charge on any atom is -0.489 e. The van der Waals surface area contributed by atoms with Crippen LogP contribution >= 0.6 is 11.6 Å². The Hall–Kier alpha value is -3.18. The SMILES string of the molecule is COCCOCC1(OC(=O)O)CCN(Cc2ccc(-c3noc(-c4ccc(OC(C)C)c(Cl)c4)n3)cc2)CC1. The number of piperidine rings is 1. The summed E-state index contributed by atoms with van der Waals surface area (Å²) < 4.78 is 27.0. The van der Waals surface area contributed by atoms with Crippen LogP contribution in [0.5, 0.6) is 5.75 Å². The predicted molar refractivity (Wildman–Crippen MR) is 145 cm³/mol. The Bertz CT molecular complexity index is 1220. The molecule has 39 heavy (non-hydrogen) atoms. The van der Waals surface area contributed by atoms with E-state index in [4.69, 9.17) is 35.1 Å². The van der Waals surface area contributed by atoms with Crippen molar-refractivity contribution < 1.29 is 33.4 Å². The van der Waals surface area contributed by atoms with E-state index >= 15 is 0 Å². The van der Waals surface area contributed by atoms with Crippen molar-refractivity contribution in [3.05, 3.63) is 53.1 Å².